The minimum absolute atomic E-state index is 0.0870. The number of hydrogen-bond acceptors (Lipinski definition) is 3. The summed E-state index contributed by atoms with van der Waals surface area (Å²) in [6, 6.07) is 6.22. The van der Waals surface area contributed by atoms with Gasteiger partial charge in [0.15, 0.2) is 0 Å². The van der Waals surface area contributed by atoms with E-state index in [-0.39, 0.29) is 6.61 Å². The second-order valence-electron chi connectivity index (χ2n) is 3.53. The molecule has 1 aromatic carbocycles. The van der Waals surface area contributed by atoms with Crippen LogP contribution >= 0.6 is 0 Å². The molecule has 0 aliphatic carbocycles. The Morgan fingerprint density at radius 2 is 2.36 bits per heavy atom. The number of methoxy groups -OCH3 is 1. The lowest BCUT2D eigenvalue weighted by molar-refractivity contribution is 0.280. The van der Waals surface area contributed by atoms with E-state index in [2.05, 4.69) is 5.32 Å². The Hall–Kier alpha value is -1.06. The van der Waals surface area contributed by atoms with E-state index in [0.29, 0.717) is 6.04 Å². The van der Waals surface area contributed by atoms with Crippen molar-refractivity contribution in [2.45, 2.75) is 19.1 Å². The number of aliphatic hydroxyl groups is 1. The summed E-state index contributed by atoms with van der Waals surface area (Å²) < 4.78 is 5.28. The van der Waals surface area contributed by atoms with Crippen LogP contribution in [0.1, 0.15) is 23.6 Å². The first kappa shape index (κ1) is 9.49. The molecule has 0 unspecified atom stereocenters. The van der Waals surface area contributed by atoms with Gasteiger partial charge in [-0.2, -0.15) is 0 Å². The van der Waals surface area contributed by atoms with Crippen molar-refractivity contribution >= 4 is 0 Å². The predicted molar refractivity (Wildman–Crippen MR) is 54.3 cm³/mol. The van der Waals surface area contributed by atoms with Gasteiger partial charge in [-0.3, -0.25) is 0 Å². The molecule has 2 N–H and O–H groups in total. The minimum atomic E-state index is 0.0870. The van der Waals surface area contributed by atoms with Crippen molar-refractivity contribution in [2.24, 2.45) is 0 Å². The Labute approximate surface area is 83.7 Å². The molecule has 0 aromatic heterocycles. The first-order valence-electron chi connectivity index (χ1n) is 4.86. The van der Waals surface area contributed by atoms with Gasteiger partial charge in [-0.05, 0) is 30.7 Å². The molecule has 1 aliphatic rings. The van der Waals surface area contributed by atoms with Crippen LogP contribution in [0.25, 0.3) is 0 Å². The van der Waals surface area contributed by atoms with Crippen molar-refractivity contribution in [3.05, 3.63) is 29.3 Å². The summed E-state index contributed by atoms with van der Waals surface area (Å²) in [5.74, 6) is 0.902. The highest BCUT2D eigenvalue weighted by molar-refractivity contribution is 5.40. The molecule has 14 heavy (non-hydrogen) atoms. The van der Waals surface area contributed by atoms with Crippen LogP contribution in [-0.4, -0.2) is 18.8 Å². The third-order valence-electron chi connectivity index (χ3n) is 2.68. The van der Waals surface area contributed by atoms with Crippen molar-refractivity contribution in [1.29, 1.82) is 0 Å². The zero-order valence-corrected chi connectivity index (χ0v) is 8.29. The highest BCUT2D eigenvalue weighted by Gasteiger charge is 2.21. The predicted octanol–water partition coefficient (Wildman–Crippen LogP) is 1.22. The second kappa shape index (κ2) is 3.98. The molecule has 1 fully saturated rings. The number of ether oxygens (including phenoxy) is 1. The number of aliphatic hydroxyl groups excluding tert-OH is 1. The molecule has 1 aromatic rings. The molecule has 3 nitrogen and oxygen atoms in total. The van der Waals surface area contributed by atoms with Gasteiger partial charge in [0.25, 0.3) is 0 Å². The van der Waals surface area contributed by atoms with Crippen molar-refractivity contribution in [3.8, 4) is 5.75 Å². The van der Waals surface area contributed by atoms with Gasteiger partial charge in [0.05, 0.1) is 13.7 Å². The van der Waals surface area contributed by atoms with E-state index in [1.165, 1.54) is 0 Å². The van der Waals surface area contributed by atoms with E-state index in [1.807, 2.05) is 18.2 Å². The van der Waals surface area contributed by atoms with E-state index in [0.717, 1.165) is 29.8 Å². The average molecular weight is 193 g/mol. The lowest BCUT2D eigenvalue weighted by Crippen LogP contribution is -2.35. The highest BCUT2D eigenvalue weighted by atomic mass is 16.5. The van der Waals surface area contributed by atoms with Gasteiger partial charge in [-0.15, -0.1) is 0 Å². The van der Waals surface area contributed by atoms with Crippen LogP contribution < -0.4 is 10.1 Å². The molecular formula is C11H15NO2. The van der Waals surface area contributed by atoms with Gasteiger partial charge in [0.2, 0.25) is 0 Å². The van der Waals surface area contributed by atoms with Crippen LogP contribution in [0, 0.1) is 0 Å². The van der Waals surface area contributed by atoms with Gasteiger partial charge in [-0.1, -0.05) is 6.07 Å². The van der Waals surface area contributed by atoms with E-state index in [4.69, 9.17) is 9.84 Å². The normalized spacial score (nSPS) is 20.3. The average Bonchev–Trinajstić information content (AvgIpc) is 2.15. The fourth-order valence-corrected chi connectivity index (χ4v) is 1.71. The third-order valence-corrected chi connectivity index (χ3v) is 2.68. The van der Waals surface area contributed by atoms with E-state index >= 15 is 0 Å². The Bertz CT molecular complexity index is 321. The Morgan fingerprint density at radius 1 is 1.57 bits per heavy atom. The summed E-state index contributed by atoms with van der Waals surface area (Å²) >= 11 is 0. The summed E-state index contributed by atoms with van der Waals surface area (Å²) in [6.45, 7) is 1.15. The number of rotatable bonds is 3. The van der Waals surface area contributed by atoms with Crippen LogP contribution in [0.2, 0.25) is 0 Å². The van der Waals surface area contributed by atoms with Crippen molar-refractivity contribution in [1.82, 2.24) is 5.32 Å². The van der Waals surface area contributed by atoms with Crippen molar-refractivity contribution in [2.75, 3.05) is 13.7 Å². The van der Waals surface area contributed by atoms with Crippen LogP contribution in [0.3, 0.4) is 0 Å². The van der Waals surface area contributed by atoms with E-state index in [9.17, 15) is 0 Å². The second-order valence-corrected chi connectivity index (χ2v) is 3.53. The maximum atomic E-state index is 9.04. The van der Waals surface area contributed by atoms with Crippen molar-refractivity contribution < 1.29 is 9.84 Å². The molecule has 0 bridgehead atoms. The maximum Gasteiger partial charge on any atom is 0.123 e. The molecule has 0 spiro atoms. The summed E-state index contributed by atoms with van der Waals surface area (Å²) in [5.41, 5.74) is 2.10. The van der Waals surface area contributed by atoms with Gasteiger partial charge in [-0.25, -0.2) is 0 Å². The topological polar surface area (TPSA) is 41.5 Å². The molecule has 0 saturated carbocycles. The molecule has 3 heteroatoms. The van der Waals surface area contributed by atoms with Gasteiger partial charge < -0.3 is 15.2 Å². The zero-order chi connectivity index (χ0) is 9.97. The van der Waals surface area contributed by atoms with Crippen LogP contribution in [0.15, 0.2) is 18.2 Å². The minimum Gasteiger partial charge on any atom is -0.496 e. The highest BCUT2D eigenvalue weighted by Crippen LogP contribution is 2.31. The van der Waals surface area contributed by atoms with Gasteiger partial charge in [0, 0.05) is 11.6 Å². The quantitative estimate of drug-likeness (QED) is 0.758. The summed E-state index contributed by atoms with van der Waals surface area (Å²) in [7, 11) is 1.68. The molecule has 1 aliphatic heterocycles. The standard InChI is InChI=1S/C11H15NO2/c1-14-11-3-2-8(7-13)6-9(11)10-4-5-12-10/h2-3,6,10,12-13H,4-5,7H2,1H3/t10-/m1/s1. The zero-order valence-electron chi connectivity index (χ0n) is 8.29. The molecular weight excluding hydrogens is 178 g/mol. The molecule has 0 radical (unpaired) electrons. The van der Waals surface area contributed by atoms with Crippen LogP contribution in [0.4, 0.5) is 0 Å². The largest absolute Gasteiger partial charge is 0.496 e. The molecule has 2 rings (SSSR count). The first-order chi connectivity index (χ1) is 6.85. The molecule has 1 atom stereocenters. The van der Waals surface area contributed by atoms with Gasteiger partial charge >= 0.3 is 0 Å². The lowest BCUT2D eigenvalue weighted by Gasteiger charge is -2.29. The number of hydrogen-bond donors (Lipinski definition) is 2. The Kier molecular flexibility index (Phi) is 2.70. The summed E-state index contributed by atoms with van der Waals surface area (Å²) in [6.07, 6.45) is 1.14. The first-order valence-corrected chi connectivity index (χ1v) is 4.86. The third kappa shape index (κ3) is 1.61. The molecule has 1 saturated heterocycles. The smallest absolute Gasteiger partial charge is 0.123 e. The van der Waals surface area contributed by atoms with E-state index in [1.54, 1.807) is 7.11 Å². The SMILES string of the molecule is COc1ccc(CO)cc1[C@H]1CCN1. The fourth-order valence-electron chi connectivity index (χ4n) is 1.71. The fraction of sp³-hybridized carbons (Fsp3) is 0.455. The Balaban J connectivity index is 2.31. The van der Waals surface area contributed by atoms with Crippen molar-refractivity contribution in [3.63, 3.8) is 0 Å². The van der Waals surface area contributed by atoms with Gasteiger partial charge in [0.1, 0.15) is 5.75 Å². The maximum absolute atomic E-state index is 9.04. The summed E-state index contributed by atoms with van der Waals surface area (Å²) in [4.78, 5) is 0. The summed E-state index contributed by atoms with van der Waals surface area (Å²) in [5, 5.41) is 12.4. The molecule has 76 valence electrons. The number of nitrogens with one attached hydrogen (secondary N) is 1. The lowest BCUT2D eigenvalue weighted by atomic mass is 9.95. The monoisotopic (exact) mass is 193 g/mol. The molecule has 1 heterocycles. The molecule has 0 amide bonds. The van der Waals surface area contributed by atoms with Crippen LogP contribution in [0.5, 0.6) is 5.75 Å². The van der Waals surface area contributed by atoms with E-state index < -0.39 is 0 Å². The number of benzene rings is 1. The van der Waals surface area contributed by atoms with Crippen LogP contribution in [-0.2, 0) is 6.61 Å². The Morgan fingerprint density at radius 3 is 2.86 bits per heavy atom.